The van der Waals surface area contributed by atoms with E-state index in [1.54, 1.807) is 6.07 Å². The second-order valence-corrected chi connectivity index (χ2v) is 3.05. The van der Waals surface area contributed by atoms with Crippen LogP contribution in [0.5, 0.6) is 5.75 Å². The highest BCUT2D eigenvalue weighted by Gasteiger charge is 2.14. The number of nitrogens with one attached hydrogen (secondary N) is 1. The molecule has 0 saturated carbocycles. The predicted octanol–water partition coefficient (Wildman–Crippen LogP) is -0.217. The number of aromatic amines is 1. The summed E-state index contributed by atoms with van der Waals surface area (Å²) in [7, 11) is 1.10. The van der Waals surface area contributed by atoms with E-state index < -0.39 is 22.8 Å². The van der Waals surface area contributed by atoms with Gasteiger partial charge in [-0.2, -0.15) is 0 Å². The van der Waals surface area contributed by atoms with Gasteiger partial charge in [0.15, 0.2) is 0 Å². The molecule has 82 valence electrons. The maximum atomic E-state index is 11.8. The summed E-state index contributed by atoms with van der Waals surface area (Å²) in [6.45, 7) is 0. The standard InChI is InChI=1S/C10H8N2O4/c1-16-10(15)6-8(13)7-5(12-9(6)14)3-2-4-11-7/h2-4H,1H3,(H2,12,13,14)/p-1. The van der Waals surface area contributed by atoms with Gasteiger partial charge in [-0.15, -0.1) is 0 Å². The van der Waals surface area contributed by atoms with Crippen molar-refractivity contribution < 1.29 is 14.6 Å². The lowest BCUT2D eigenvalue weighted by atomic mass is 10.2. The smallest absolute Gasteiger partial charge is 0.342 e. The fraction of sp³-hybridized carbons (Fsp3) is 0.100. The number of hydrogen-bond acceptors (Lipinski definition) is 5. The summed E-state index contributed by atoms with van der Waals surface area (Å²) in [5, 5.41) is 11.8. The van der Waals surface area contributed by atoms with Crippen LogP contribution in [0.25, 0.3) is 11.0 Å². The van der Waals surface area contributed by atoms with Crippen molar-refractivity contribution in [2.75, 3.05) is 7.11 Å². The molecule has 0 radical (unpaired) electrons. The van der Waals surface area contributed by atoms with Crippen LogP contribution in [0.1, 0.15) is 10.4 Å². The van der Waals surface area contributed by atoms with Gasteiger partial charge in [0.05, 0.1) is 18.1 Å². The molecular weight excluding hydrogens is 212 g/mol. The molecule has 2 aromatic heterocycles. The Kier molecular flexibility index (Phi) is 2.32. The summed E-state index contributed by atoms with van der Waals surface area (Å²) in [5.41, 5.74) is -0.973. The molecule has 1 N–H and O–H groups in total. The number of carbonyl (C=O) groups excluding carboxylic acids is 1. The van der Waals surface area contributed by atoms with E-state index in [2.05, 4.69) is 14.7 Å². The van der Waals surface area contributed by atoms with Crippen molar-refractivity contribution in [1.82, 2.24) is 9.97 Å². The molecule has 2 heterocycles. The summed E-state index contributed by atoms with van der Waals surface area (Å²) in [6.07, 6.45) is 1.41. The van der Waals surface area contributed by atoms with E-state index in [4.69, 9.17) is 0 Å². The highest BCUT2D eigenvalue weighted by atomic mass is 16.5. The van der Waals surface area contributed by atoms with Crippen molar-refractivity contribution in [3.8, 4) is 5.75 Å². The maximum Gasteiger partial charge on any atom is 0.342 e. The second-order valence-electron chi connectivity index (χ2n) is 3.05. The minimum Gasteiger partial charge on any atom is -0.870 e. The number of fused-ring (bicyclic) bond motifs is 1. The van der Waals surface area contributed by atoms with E-state index in [1.807, 2.05) is 0 Å². The molecule has 0 aromatic carbocycles. The second kappa shape index (κ2) is 3.65. The number of pyridine rings is 2. The first-order valence-corrected chi connectivity index (χ1v) is 4.41. The number of methoxy groups -OCH3 is 1. The monoisotopic (exact) mass is 219 g/mol. The number of nitrogens with zero attached hydrogens (tertiary/aromatic N) is 1. The van der Waals surface area contributed by atoms with E-state index in [0.29, 0.717) is 5.52 Å². The van der Waals surface area contributed by atoms with Gasteiger partial charge in [-0.05, 0) is 12.1 Å². The van der Waals surface area contributed by atoms with Crippen LogP contribution in [0.2, 0.25) is 0 Å². The summed E-state index contributed by atoms with van der Waals surface area (Å²) in [4.78, 5) is 28.9. The van der Waals surface area contributed by atoms with Crippen LogP contribution in [0.4, 0.5) is 0 Å². The third kappa shape index (κ3) is 1.40. The van der Waals surface area contributed by atoms with E-state index in [-0.39, 0.29) is 5.52 Å². The Hall–Kier alpha value is -2.37. The van der Waals surface area contributed by atoms with Crippen LogP contribution in [-0.2, 0) is 4.74 Å². The molecule has 0 atom stereocenters. The number of H-pyrrole nitrogens is 1. The van der Waals surface area contributed by atoms with Crippen molar-refractivity contribution >= 4 is 17.0 Å². The summed E-state index contributed by atoms with van der Waals surface area (Å²) < 4.78 is 4.36. The van der Waals surface area contributed by atoms with E-state index in [0.717, 1.165) is 7.11 Å². The lowest BCUT2D eigenvalue weighted by molar-refractivity contribution is -0.266. The van der Waals surface area contributed by atoms with Crippen molar-refractivity contribution in [3.63, 3.8) is 0 Å². The molecule has 6 nitrogen and oxygen atoms in total. The molecule has 0 aliphatic heterocycles. The number of ether oxygens (including phenoxy) is 1. The summed E-state index contributed by atoms with van der Waals surface area (Å²) in [6, 6.07) is 3.11. The van der Waals surface area contributed by atoms with Crippen LogP contribution in [0, 0.1) is 0 Å². The molecular formula is C10H7N2O4-. The lowest BCUT2D eigenvalue weighted by Crippen LogP contribution is -2.22. The average Bonchev–Trinajstić information content (AvgIpc) is 2.28. The molecule has 16 heavy (non-hydrogen) atoms. The van der Waals surface area contributed by atoms with Crippen molar-refractivity contribution in [2.24, 2.45) is 0 Å². The van der Waals surface area contributed by atoms with Gasteiger partial charge in [0, 0.05) is 6.20 Å². The van der Waals surface area contributed by atoms with Gasteiger partial charge < -0.3 is 14.8 Å². The zero-order valence-corrected chi connectivity index (χ0v) is 8.31. The molecule has 0 aliphatic rings. The van der Waals surface area contributed by atoms with Crippen LogP contribution in [-0.4, -0.2) is 23.0 Å². The Morgan fingerprint density at radius 3 is 3.00 bits per heavy atom. The van der Waals surface area contributed by atoms with Crippen LogP contribution in [0.3, 0.4) is 0 Å². The fourth-order valence-electron chi connectivity index (χ4n) is 1.38. The largest absolute Gasteiger partial charge is 0.870 e. The average molecular weight is 219 g/mol. The molecule has 0 bridgehead atoms. The third-order valence-corrected chi connectivity index (χ3v) is 2.11. The van der Waals surface area contributed by atoms with E-state index in [9.17, 15) is 14.7 Å². The Morgan fingerprint density at radius 1 is 1.56 bits per heavy atom. The van der Waals surface area contributed by atoms with Crippen molar-refractivity contribution in [1.29, 1.82) is 0 Å². The van der Waals surface area contributed by atoms with Gasteiger partial charge in [0.1, 0.15) is 5.56 Å². The molecule has 0 fully saturated rings. The molecule has 2 rings (SSSR count). The number of aromatic nitrogens is 2. The predicted molar refractivity (Wildman–Crippen MR) is 53.1 cm³/mol. The van der Waals surface area contributed by atoms with E-state index >= 15 is 0 Å². The van der Waals surface area contributed by atoms with Crippen LogP contribution >= 0.6 is 0 Å². The minimum absolute atomic E-state index is 0.0440. The molecule has 0 aliphatic carbocycles. The molecule has 0 amide bonds. The van der Waals surface area contributed by atoms with Gasteiger partial charge >= 0.3 is 5.97 Å². The van der Waals surface area contributed by atoms with Gasteiger partial charge in [-0.1, -0.05) is 5.75 Å². The Labute approximate surface area is 89.5 Å². The van der Waals surface area contributed by atoms with Crippen LogP contribution in [0.15, 0.2) is 23.1 Å². The number of carbonyl (C=O) groups is 1. The maximum absolute atomic E-state index is 11.8. The molecule has 2 aromatic rings. The fourth-order valence-corrected chi connectivity index (χ4v) is 1.38. The highest BCUT2D eigenvalue weighted by Crippen LogP contribution is 2.19. The first-order chi connectivity index (χ1) is 7.65. The summed E-state index contributed by atoms with van der Waals surface area (Å²) in [5.74, 6) is -1.68. The van der Waals surface area contributed by atoms with Crippen LogP contribution < -0.4 is 10.7 Å². The Morgan fingerprint density at radius 2 is 2.31 bits per heavy atom. The first-order valence-electron chi connectivity index (χ1n) is 4.41. The van der Waals surface area contributed by atoms with Gasteiger partial charge in [0.25, 0.3) is 5.56 Å². The van der Waals surface area contributed by atoms with Crippen molar-refractivity contribution in [2.45, 2.75) is 0 Å². The van der Waals surface area contributed by atoms with Crippen molar-refractivity contribution in [3.05, 3.63) is 34.2 Å². The summed E-state index contributed by atoms with van der Waals surface area (Å²) >= 11 is 0. The number of rotatable bonds is 1. The first kappa shape index (κ1) is 10.2. The van der Waals surface area contributed by atoms with Gasteiger partial charge in [0.2, 0.25) is 0 Å². The third-order valence-electron chi connectivity index (χ3n) is 2.11. The SMILES string of the molecule is COC(=O)c1c([O-])c2ncccc2[nH]c1=O. The Balaban J connectivity index is 2.86. The molecule has 0 saturated heterocycles. The highest BCUT2D eigenvalue weighted by molar-refractivity contribution is 5.97. The molecule has 0 unspecified atom stereocenters. The molecule has 6 heteroatoms. The minimum atomic E-state index is -0.959. The van der Waals surface area contributed by atoms with Gasteiger partial charge in [-0.25, -0.2) is 4.79 Å². The molecule has 0 spiro atoms. The zero-order chi connectivity index (χ0) is 11.7. The lowest BCUT2D eigenvalue weighted by Gasteiger charge is -2.12. The number of esters is 1. The van der Waals surface area contributed by atoms with E-state index in [1.165, 1.54) is 12.3 Å². The Bertz CT molecular complexity index is 618. The van der Waals surface area contributed by atoms with Gasteiger partial charge in [-0.3, -0.25) is 9.78 Å². The quantitative estimate of drug-likeness (QED) is 0.669. The zero-order valence-electron chi connectivity index (χ0n) is 8.31. The normalized spacial score (nSPS) is 10.3. The topological polar surface area (TPSA) is 95.1 Å². The number of hydrogen-bond donors (Lipinski definition) is 1.